The summed E-state index contributed by atoms with van der Waals surface area (Å²) in [5.41, 5.74) is 1.51. The zero-order chi connectivity index (χ0) is 15.6. The maximum atomic E-state index is 12.5. The van der Waals surface area contributed by atoms with E-state index in [0.29, 0.717) is 14.6 Å². The maximum Gasteiger partial charge on any atom is 0.265 e. The smallest absolute Gasteiger partial charge is 0.265 e. The van der Waals surface area contributed by atoms with Crippen LogP contribution in [-0.4, -0.2) is 15.5 Å². The van der Waals surface area contributed by atoms with E-state index in [-0.39, 0.29) is 10.6 Å². The third kappa shape index (κ3) is 3.78. The normalized spacial score (nSPS) is 11.2. The predicted octanol–water partition coefficient (Wildman–Crippen LogP) is 4.33. The Morgan fingerprint density at radius 1 is 1.10 bits per heavy atom. The molecule has 0 fully saturated rings. The van der Waals surface area contributed by atoms with Gasteiger partial charge < -0.3 is 4.74 Å². The van der Waals surface area contributed by atoms with Crippen molar-refractivity contribution in [1.82, 2.24) is 0 Å². The van der Waals surface area contributed by atoms with Crippen molar-refractivity contribution < 1.29 is 13.2 Å². The second kappa shape index (κ2) is 6.37. The van der Waals surface area contributed by atoms with E-state index in [1.807, 2.05) is 19.1 Å². The molecule has 0 radical (unpaired) electrons. The van der Waals surface area contributed by atoms with Crippen LogP contribution in [0.5, 0.6) is 5.75 Å². The molecule has 21 heavy (non-hydrogen) atoms. The first-order valence-electron chi connectivity index (χ1n) is 5.96. The number of nitrogens with one attached hydrogen (secondary N) is 1. The largest absolute Gasteiger partial charge is 0.495 e. The van der Waals surface area contributed by atoms with Crippen molar-refractivity contribution in [3.63, 3.8) is 0 Å². The molecule has 0 heterocycles. The average Bonchev–Trinajstić information content (AvgIpc) is 2.42. The molecule has 0 aliphatic heterocycles. The summed E-state index contributed by atoms with van der Waals surface area (Å²) in [4.78, 5) is 0.0758. The van der Waals surface area contributed by atoms with Gasteiger partial charge in [-0.3, -0.25) is 4.72 Å². The number of sulfonamides is 1. The summed E-state index contributed by atoms with van der Waals surface area (Å²) >= 11 is 6.63. The SMILES string of the molecule is COc1ccc(Br)cc1S(=O)(=O)Nc1ccc(C)cc1Br. The number of aryl methyl sites for hydroxylation is 1. The molecule has 4 nitrogen and oxygen atoms in total. The first kappa shape index (κ1) is 16.3. The van der Waals surface area contributed by atoms with Crippen LogP contribution in [0.2, 0.25) is 0 Å². The van der Waals surface area contributed by atoms with Crippen LogP contribution in [-0.2, 0) is 10.0 Å². The fourth-order valence-electron chi connectivity index (χ4n) is 1.76. The average molecular weight is 435 g/mol. The van der Waals surface area contributed by atoms with Crippen molar-refractivity contribution >= 4 is 47.6 Å². The Balaban J connectivity index is 2.45. The quantitative estimate of drug-likeness (QED) is 0.778. The Labute approximate surface area is 140 Å². The first-order valence-corrected chi connectivity index (χ1v) is 9.03. The Morgan fingerprint density at radius 2 is 1.81 bits per heavy atom. The van der Waals surface area contributed by atoms with Gasteiger partial charge in [-0.1, -0.05) is 22.0 Å². The van der Waals surface area contributed by atoms with Gasteiger partial charge in [-0.25, -0.2) is 8.42 Å². The number of rotatable bonds is 4. The lowest BCUT2D eigenvalue weighted by molar-refractivity contribution is 0.403. The van der Waals surface area contributed by atoms with Crippen LogP contribution in [0.25, 0.3) is 0 Å². The van der Waals surface area contributed by atoms with Crippen LogP contribution in [0, 0.1) is 6.92 Å². The highest BCUT2D eigenvalue weighted by atomic mass is 79.9. The van der Waals surface area contributed by atoms with E-state index in [0.717, 1.165) is 5.56 Å². The van der Waals surface area contributed by atoms with E-state index in [1.54, 1.807) is 18.2 Å². The van der Waals surface area contributed by atoms with Gasteiger partial charge in [0.2, 0.25) is 0 Å². The lowest BCUT2D eigenvalue weighted by Gasteiger charge is -2.13. The van der Waals surface area contributed by atoms with Crippen molar-refractivity contribution in [2.45, 2.75) is 11.8 Å². The molecule has 1 N–H and O–H groups in total. The minimum atomic E-state index is -3.75. The van der Waals surface area contributed by atoms with Crippen molar-refractivity contribution in [3.05, 3.63) is 50.9 Å². The number of benzene rings is 2. The van der Waals surface area contributed by atoms with E-state index >= 15 is 0 Å². The van der Waals surface area contributed by atoms with E-state index < -0.39 is 10.0 Å². The number of hydrogen-bond acceptors (Lipinski definition) is 3. The van der Waals surface area contributed by atoms with Gasteiger partial charge in [0.05, 0.1) is 12.8 Å². The van der Waals surface area contributed by atoms with Crippen LogP contribution in [0.1, 0.15) is 5.56 Å². The lowest BCUT2D eigenvalue weighted by atomic mass is 10.2. The predicted molar refractivity (Wildman–Crippen MR) is 90.4 cm³/mol. The molecule has 0 saturated carbocycles. The highest BCUT2D eigenvalue weighted by Gasteiger charge is 2.21. The van der Waals surface area contributed by atoms with Gasteiger partial charge in [0.1, 0.15) is 10.6 Å². The van der Waals surface area contributed by atoms with Gasteiger partial charge in [0.25, 0.3) is 10.0 Å². The van der Waals surface area contributed by atoms with Crippen LogP contribution in [0.15, 0.2) is 50.2 Å². The molecule has 112 valence electrons. The van der Waals surface area contributed by atoms with E-state index in [2.05, 4.69) is 36.6 Å². The number of anilines is 1. The molecule has 0 spiro atoms. The summed E-state index contributed by atoms with van der Waals surface area (Å²) in [5, 5.41) is 0. The molecule has 0 saturated heterocycles. The third-order valence-electron chi connectivity index (χ3n) is 2.78. The Morgan fingerprint density at radius 3 is 2.43 bits per heavy atom. The van der Waals surface area contributed by atoms with Gasteiger partial charge >= 0.3 is 0 Å². The zero-order valence-electron chi connectivity index (χ0n) is 11.4. The van der Waals surface area contributed by atoms with E-state index in [9.17, 15) is 8.42 Å². The van der Waals surface area contributed by atoms with E-state index in [1.165, 1.54) is 13.2 Å². The minimum Gasteiger partial charge on any atom is -0.495 e. The maximum absolute atomic E-state index is 12.5. The Kier molecular flexibility index (Phi) is 4.95. The molecule has 2 aromatic carbocycles. The topological polar surface area (TPSA) is 55.4 Å². The molecule has 7 heteroatoms. The van der Waals surface area contributed by atoms with Crippen molar-refractivity contribution in [2.24, 2.45) is 0 Å². The molecule has 0 atom stereocenters. The molecular formula is C14H13Br2NO3S. The van der Waals surface area contributed by atoms with Gasteiger partial charge in [0.15, 0.2) is 0 Å². The first-order chi connectivity index (χ1) is 9.83. The summed E-state index contributed by atoms with van der Waals surface area (Å²) in [6.07, 6.45) is 0. The Bertz CT molecular complexity index is 776. The van der Waals surface area contributed by atoms with Gasteiger partial charge in [0, 0.05) is 8.95 Å². The Hall–Kier alpha value is -1.05. The van der Waals surface area contributed by atoms with E-state index in [4.69, 9.17) is 4.74 Å². The number of hydrogen-bond donors (Lipinski definition) is 1. The molecule has 2 aromatic rings. The molecule has 0 amide bonds. The molecule has 0 aliphatic rings. The summed E-state index contributed by atoms with van der Waals surface area (Å²) in [5.74, 6) is 0.286. The summed E-state index contributed by atoms with van der Waals surface area (Å²) in [6.45, 7) is 1.93. The number of halogens is 2. The summed E-state index contributed by atoms with van der Waals surface area (Å²) < 4.78 is 34.1. The summed E-state index contributed by atoms with van der Waals surface area (Å²) in [7, 11) is -2.31. The highest BCUT2D eigenvalue weighted by molar-refractivity contribution is 9.10. The van der Waals surface area contributed by atoms with Crippen LogP contribution in [0.4, 0.5) is 5.69 Å². The number of methoxy groups -OCH3 is 1. The monoisotopic (exact) mass is 433 g/mol. The van der Waals surface area contributed by atoms with Crippen molar-refractivity contribution in [1.29, 1.82) is 0 Å². The molecule has 0 aromatic heterocycles. The van der Waals surface area contributed by atoms with Crippen molar-refractivity contribution in [3.8, 4) is 5.75 Å². The lowest BCUT2D eigenvalue weighted by Crippen LogP contribution is -2.14. The van der Waals surface area contributed by atoms with Crippen molar-refractivity contribution in [2.75, 3.05) is 11.8 Å². The highest BCUT2D eigenvalue weighted by Crippen LogP contribution is 2.31. The third-order valence-corrected chi connectivity index (χ3v) is 5.32. The minimum absolute atomic E-state index is 0.0758. The molecule has 0 bridgehead atoms. The van der Waals surface area contributed by atoms with Gasteiger partial charge in [-0.05, 0) is 58.7 Å². The van der Waals surface area contributed by atoms with Gasteiger partial charge in [-0.2, -0.15) is 0 Å². The standard InChI is InChI=1S/C14H13Br2NO3S/c1-9-3-5-12(11(16)7-9)17-21(18,19)14-8-10(15)4-6-13(14)20-2/h3-8,17H,1-2H3. The number of ether oxygens (including phenoxy) is 1. The van der Waals surface area contributed by atoms with Crippen LogP contribution >= 0.6 is 31.9 Å². The van der Waals surface area contributed by atoms with Crippen LogP contribution < -0.4 is 9.46 Å². The summed E-state index contributed by atoms with van der Waals surface area (Å²) in [6, 6.07) is 10.2. The zero-order valence-corrected chi connectivity index (χ0v) is 15.3. The fraction of sp³-hybridized carbons (Fsp3) is 0.143. The fourth-order valence-corrected chi connectivity index (χ4v) is 4.28. The van der Waals surface area contributed by atoms with Gasteiger partial charge in [-0.15, -0.1) is 0 Å². The van der Waals surface area contributed by atoms with Crippen LogP contribution in [0.3, 0.4) is 0 Å². The molecule has 0 unspecified atom stereocenters. The second-order valence-corrected chi connectivity index (χ2v) is 7.80. The molecule has 0 aliphatic carbocycles. The molecular weight excluding hydrogens is 422 g/mol. The molecule has 2 rings (SSSR count). The second-order valence-electron chi connectivity index (χ2n) is 4.38.